The van der Waals surface area contributed by atoms with Gasteiger partial charge in [0.2, 0.25) is 0 Å². The van der Waals surface area contributed by atoms with E-state index in [0.29, 0.717) is 5.92 Å². The second-order valence-electron chi connectivity index (χ2n) is 8.91. The number of fused-ring (bicyclic) bond motifs is 1. The fraction of sp³-hybridized carbons (Fsp3) is 0.500. The molecule has 4 heterocycles. The Balaban J connectivity index is 1.46. The number of anilines is 1. The number of pyridine rings is 1. The highest BCUT2D eigenvalue weighted by atomic mass is 16.1. The van der Waals surface area contributed by atoms with Crippen LogP contribution in [0.3, 0.4) is 0 Å². The molecule has 0 aromatic carbocycles. The van der Waals surface area contributed by atoms with Gasteiger partial charge in [-0.05, 0) is 37.8 Å². The molecule has 0 unspecified atom stereocenters. The number of aromatic nitrogens is 5. The summed E-state index contributed by atoms with van der Waals surface area (Å²) >= 11 is 0. The molecule has 1 saturated heterocycles. The lowest BCUT2D eigenvalue weighted by Crippen LogP contribution is -2.37. The minimum Gasteiger partial charge on any atom is -0.356 e. The topological polar surface area (TPSA) is 76.8 Å². The Bertz CT molecular complexity index is 1080. The number of piperidine rings is 1. The molecule has 1 aliphatic heterocycles. The van der Waals surface area contributed by atoms with Crippen molar-refractivity contribution in [2.45, 2.75) is 52.5 Å². The van der Waals surface area contributed by atoms with E-state index in [0.717, 1.165) is 60.8 Å². The van der Waals surface area contributed by atoms with E-state index in [9.17, 15) is 4.79 Å². The van der Waals surface area contributed by atoms with Crippen LogP contribution in [0.5, 0.6) is 0 Å². The van der Waals surface area contributed by atoms with Crippen LogP contribution in [0.4, 0.5) is 5.82 Å². The van der Waals surface area contributed by atoms with Crippen molar-refractivity contribution < 1.29 is 0 Å². The van der Waals surface area contributed by atoms with E-state index in [1.165, 1.54) is 0 Å². The molecule has 29 heavy (non-hydrogen) atoms. The highest BCUT2D eigenvalue weighted by Crippen LogP contribution is 2.28. The molecular formula is C22H28N6O. The van der Waals surface area contributed by atoms with Gasteiger partial charge in [0.15, 0.2) is 5.65 Å². The highest BCUT2D eigenvalue weighted by Gasteiger charge is 2.23. The summed E-state index contributed by atoms with van der Waals surface area (Å²) in [6.45, 7) is 10.7. The molecule has 7 nitrogen and oxygen atoms in total. The van der Waals surface area contributed by atoms with Crippen LogP contribution >= 0.6 is 0 Å². The van der Waals surface area contributed by atoms with Crippen molar-refractivity contribution in [3.63, 3.8) is 0 Å². The van der Waals surface area contributed by atoms with Crippen molar-refractivity contribution in [2.24, 2.45) is 5.92 Å². The van der Waals surface area contributed by atoms with Crippen LogP contribution in [0.25, 0.3) is 11.0 Å². The zero-order chi connectivity index (χ0) is 20.6. The van der Waals surface area contributed by atoms with Crippen molar-refractivity contribution in [1.82, 2.24) is 24.5 Å². The average molecular weight is 393 g/mol. The number of hydrogen-bond acceptors (Lipinski definition) is 6. The van der Waals surface area contributed by atoms with Crippen molar-refractivity contribution in [1.29, 1.82) is 0 Å². The minimum absolute atomic E-state index is 0.0378. The monoisotopic (exact) mass is 392 g/mol. The van der Waals surface area contributed by atoms with Gasteiger partial charge >= 0.3 is 0 Å². The van der Waals surface area contributed by atoms with Crippen molar-refractivity contribution in [2.75, 3.05) is 18.0 Å². The first-order valence-corrected chi connectivity index (χ1v) is 10.2. The molecule has 1 fully saturated rings. The van der Waals surface area contributed by atoms with Gasteiger partial charge in [0.1, 0.15) is 11.6 Å². The molecular weight excluding hydrogens is 364 g/mol. The van der Waals surface area contributed by atoms with Crippen molar-refractivity contribution in [3.8, 4) is 0 Å². The highest BCUT2D eigenvalue weighted by molar-refractivity contribution is 5.86. The first kappa shape index (κ1) is 19.5. The molecule has 4 rings (SSSR count). The third kappa shape index (κ3) is 4.13. The van der Waals surface area contributed by atoms with Crippen LogP contribution in [0, 0.1) is 12.8 Å². The smallest absolute Gasteiger partial charge is 0.253 e. The zero-order valence-corrected chi connectivity index (χ0v) is 17.6. The first-order chi connectivity index (χ1) is 13.8. The van der Waals surface area contributed by atoms with E-state index >= 15 is 0 Å². The zero-order valence-electron chi connectivity index (χ0n) is 17.6. The Kier molecular flexibility index (Phi) is 5.06. The molecule has 3 aromatic rings. The van der Waals surface area contributed by atoms with Crippen molar-refractivity contribution >= 4 is 16.9 Å². The summed E-state index contributed by atoms with van der Waals surface area (Å²) in [5, 5.41) is 0.995. The van der Waals surface area contributed by atoms with E-state index in [1.807, 2.05) is 19.1 Å². The maximum Gasteiger partial charge on any atom is 0.253 e. The molecule has 0 atom stereocenters. The van der Waals surface area contributed by atoms with E-state index in [4.69, 9.17) is 4.98 Å². The summed E-state index contributed by atoms with van der Waals surface area (Å²) < 4.78 is 1.75. The second kappa shape index (κ2) is 7.54. The molecule has 0 saturated carbocycles. The predicted octanol–water partition coefficient (Wildman–Crippen LogP) is 3.10. The lowest BCUT2D eigenvalue weighted by molar-refractivity contribution is 0.349. The molecule has 0 amide bonds. The third-order valence-electron chi connectivity index (χ3n) is 5.58. The summed E-state index contributed by atoms with van der Waals surface area (Å²) in [7, 11) is 0. The van der Waals surface area contributed by atoms with Crippen molar-refractivity contribution in [3.05, 3.63) is 52.6 Å². The van der Waals surface area contributed by atoms with Gasteiger partial charge in [-0.3, -0.25) is 9.36 Å². The quantitative estimate of drug-likeness (QED) is 0.682. The molecule has 0 N–H and O–H groups in total. The molecule has 152 valence electrons. The average Bonchev–Trinajstić information content (AvgIpc) is 2.68. The Labute approximate surface area is 170 Å². The maximum atomic E-state index is 12.5. The number of hydrogen-bond donors (Lipinski definition) is 0. The van der Waals surface area contributed by atoms with Gasteiger partial charge < -0.3 is 4.90 Å². The first-order valence-electron chi connectivity index (χ1n) is 10.2. The summed E-state index contributed by atoms with van der Waals surface area (Å²) in [5.41, 5.74) is 1.51. The number of aryl methyl sites for hydroxylation is 1. The van der Waals surface area contributed by atoms with Crippen LogP contribution in [-0.4, -0.2) is 37.6 Å². The van der Waals surface area contributed by atoms with E-state index < -0.39 is 0 Å². The Morgan fingerprint density at radius 1 is 1.14 bits per heavy atom. The SMILES string of the molecule is Cc1nc(N2CCC(Cn3cnc(C(C)(C)C)cc3=O)CC2)c2cccnc2n1. The standard InChI is InChI=1S/C22H28N6O/c1-15-25-20-17(6-5-9-23-20)21(26-15)27-10-7-16(8-11-27)13-28-14-24-18(12-19(28)29)22(2,3)4/h5-6,9,12,14,16H,7-8,10-11,13H2,1-4H3. The fourth-order valence-corrected chi connectivity index (χ4v) is 3.87. The molecule has 0 aliphatic carbocycles. The molecule has 0 spiro atoms. The summed E-state index contributed by atoms with van der Waals surface area (Å²) in [6, 6.07) is 5.64. The van der Waals surface area contributed by atoms with Gasteiger partial charge in [-0.25, -0.2) is 19.9 Å². The van der Waals surface area contributed by atoms with E-state index in [2.05, 4.69) is 40.6 Å². The van der Waals surface area contributed by atoms with Gasteiger partial charge in [-0.15, -0.1) is 0 Å². The molecule has 7 heteroatoms. The van der Waals surface area contributed by atoms with Crippen LogP contribution in [0.2, 0.25) is 0 Å². The fourth-order valence-electron chi connectivity index (χ4n) is 3.87. The van der Waals surface area contributed by atoms with Crippen LogP contribution in [-0.2, 0) is 12.0 Å². The van der Waals surface area contributed by atoms with Gasteiger partial charge in [0.25, 0.3) is 5.56 Å². The maximum absolute atomic E-state index is 12.5. The lowest BCUT2D eigenvalue weighted by Gasteiger charge is -2.33. The normalized spacial score (nSPS) is 15.8. The van der Waals surface area contributed by atoms with E-state index in [-0.39, 0.29) is 11.0 Å². The van der Waals surface area contributed by atoms with Gasteiger partial charge in [-0.2, -0.15) is 0 Å². The molecule has 0 bridgehead atoms. The minimum atomic E-state index is -0.114. The predicted molar refractivity (Wildman–Crippen MR) is 114 cm³/mol. The number of rotatable bonds is 3. The molecule has 3 aromatic heterocycles. The Morgan fingerprint density at radius 2 is 1.90 bits per heavy atom. The van der Waals surface area contributed by atoms with Crippen LogP contribution < -0.4 is 10.5 Å². The second-order valence-corrected chi connectivity index (χ2v) is 8.91. The lowest BCUT2D eigenvalue weighted by atomic mass is 9.92. The van der Waals surface area contributed by atoms with Crippen LogP contribution in [0.1, 0.15) is 45.1 Å². The number of nitrogens with zero attached hydrogens (tertiary/aromatic N) is 6. The summed E-state index contributed by atoms with van der Waals surface area (Å²) in [6.07, 6.45) is 5.50. The summed E-state index contributed by atoms with van der Waals surface area (Å²) in [5.74, 6) is 2.16. The van der Waals surface area contributed by atoms with E-state index in [1.54, 1.807) is 23.2 Å². The molecule has 1 aliphatic rings. The van der Waals surface area contributed by atoms with Gasteiger partial charge in [0, 0.05) is 37.3 Å². The Hall–Kier alpha value is -2.83. The van der Waals surface area contributed by atoms with Gasteiger partial charge in [0.05, 0.1) is 17.4 Å². The third-order valence-corrected chi connectivity index (χ3v) is 5.58. The van der Waals surface area contributed by atoms with Gasteiger partial charge in [-0.1, -0.05) is 20.8 Å². The molecule has 0 radical (unpaired) electrons. The summed E-state index contributed by atoms with van der Waals surface area (Å²) in [4.78, 5) is 32.9. The van der Waals surface area contributed by atoms with Crippen LogP contribution in [0.15, 0.2) is 35.5 Å². The largest absolute Gasteiger partial charge is 0.356 e. The Morgan fingerprint density at radius 3 is 2.59 bits per heavy atom.